The average molecular weight is 298 g/mol. The summed E-state index contributed by atoms with van der Waals surface area (Å²) >= 11 is 0. The van der Waals surface area contributed by atoms with E-state index in [1.807, 2.05) is 4.90 Å². The Morgan fingerprint density at radius 3 is 3.05 bits per heavy atom. The second-order valence-electron chi connectivity index (χ2n) is 5.69. The summed E-state index contributed by atoms with van der Waals surface area (Å²) in [5.41, 5.74) is 0. The van der Waals surface area contributed by atoms with Crippen molar-refractivity contribution >= 4 is 11.8 Å². The summed E-state index contributed by atoms with van der Waals surface area (Å²) in [5.74, 6) is 0.0722. The van der Waals surface area contributed by atoms with Gasteiger partial charge >= 0.3 is 0 Å². The molecule has 2 fully saturated rings. The third kappa shape index (κ3) is 4.41. The summed E-state index contributed by atoms with van der Waals surface area (Å²) in [6.07, 6.45) is 3.98. The topological polar surface area (TPSA) is 67.9 Å². The van der Waals surface area contributed by atoms with Crippen molar-refractivity contribution in [3.63, 3.8) is 0 Å². The van der Waals surface area contributed by atoms with Gasteiger partial charge in [0.2, 0.25) is 11.8 Å². The van der Waals surface area contributed by atoms with E-state index in [1.54, 1.807) is 7.11 Å². The number of nitrogens with one attached hydrogen (secondary N) is 1. The minimum atomic E-state index is -0.0744. The standard InChI is InChI=1S/C15H26N2O4/c1-20-10-6-14(18)17-8-3-9-21-11-7-16-15(19)12-4-2-5-13(12)17/h12-13H,2-11H2,1H3,(H,16,19). The SMILES string of the molecule is COCCC(=O)N1CCCOCCNC(=O)C2CCCC21. The molecule has 0 radical (unpaired) electrons. The molecule has 1 heterocycles. The van der Waals surface area contributed by atoms with Gasteiger partial charge in [-0.15, -0.1) is 0 Å². The van der Waals surface area contributed by atoms with Crippen LogP contribution in [0.15, 0.2) is 0 Å². The number of amides is 2. The highest BCUT2D eigenvalue weighted by molar-refractivity contribution is 5.82. The van der Waals surface area contributed by atoms with Crippen molar-refractivity contribution in [2.75, 3.05) is 40.0 Å². The molecule has 21 heavy (non-hydrogen) atoms. The third-order valence-electron chi connectivity index (χ3n) is 4.29. The highest BCUT2D eigenvalue weighted by Gasteiger charge is 2.38. The van der Waals surface area contributed by atoms with Gasteiger partial charge in [-0.2, -0.15) is 0 Å². The molecule has 0 bridgehead atoms. The van der Waals surface area contributed by atoms with Gasteiger partial charge in [-0.3, -0.25) is 9.59 Å². The van der Waals surface area contributed by atoms with Crippen molar-refractivity contribution in [1.82, 2.24) is 10.2 Å². The zero-order valence-corrected chi connectivity index (χ0v) is 12.8. The van der Waals surface area contributed by atoms with Gasteiger partial charge in [0, 0.05) is 32.8 Å². The number of carbonyl (C=O) groups excluding carboxylic acids is 2. The molecule has 2 amide bonds. The van der Waals surface area contributed by atoms with Crippen LogP contribution in [0, 0.1) is 5.92 Å². The maximum Gasteiger partial charge on any atom is 0.225 e. The van der Waals surface area contributed by atoms with Crippen molar-refractivity contribution in [2.24, 2.45) is 5.92 Å². The fourth-order valence-corrected chi connectivity index (χ4v) is 3.24. The summed E-state index contributed by atoms with van der Waals surface area (Å²) in [6, 6.07) is 0.0347. The minimum Gasteiger partial charge on any atom is -0.384 e. The van der Waals surface area contributed by atoms with Crippen LogP contribution in [-0.4, -0.2) is 62.8 Å². The summed E-state index contributed by atoms with van der Waals surface area (Å²) in [4.78, 5) is 26.6. The molecule has 1 N–H and O–H groups in total. The molecule has 0 spiro atoms. The van der Waals surface area contributed by atoms with E-state index < -0.39 is 0 Å². The molecule has 0 aromatic rings. The Morgan fingerprint density at radius 2 is 2.24 bits per heavy atom. The Hall–Kier alpha value is -1.14. The normalized spacial score (nSPS) is 27.7. The molecule has 120 valence electrons. The van der Waals surface area contributed by atoms with Crippen molar-refractivity contribution in [3.05, 3.63) is 0 Å². The summed E-state index contributed by atoms with van der Waals surface area (Å²) in [7, 11) is 1.60. The first kappa shape index (κ1) is 16.2. The first-order valence-corrected chi connectivity index (χ1v) is 7.88. The van der Waals surface area contributed by atoms with Crippen molar-refractivity contribution < 1.29 is 19.1 Å². The predicted octanol–water partition coefficient (Wildman–Crippen LogP) is 0.557. The summed E-state index contributed by atoms with van der Waals surface area (Å²) in [6.45, 7) is 2.81. The van der Waals surface area contributed by atoms with E-state index in [0.717, 1.165) is 25.7 Å². The summed E-state index contributed by atoms with van der Waals surface area (Å²) in [5, 5.41) is 2.93. The largest absolute Gasteiger partial charge is 0.384 e. The molecule has 2 atom stereocenters. The van der Waals surface area contributed by atoms with E-state index in [-0.39, 0.29) is 23.8 Å². The van der Waals surface area contributed by atoms with E-state index >= 15 is 0 Å². The monoisotopic (exact) mass is 298 g/mol. The molecule has 2 rings (SSSR count). The van der Waals surface area contributed by atoms with Crippen molar-refractivity contribution in [3.8, 4) is 0 Å². The lowest BCUT2D eigenvalue weighted by Crippen LogP contribution is -2.47. The Balaban J connectivity index is 2.09. The summed E-state index contributed by atoms with van der Waals surface area (Å²) < 4.78 is 10.5. The van der Waals surface area contributed by atoms with Gasteiger partial charge in [0.05, 0.1) is 25.6 Å². The van der Waals surface area contributed by atoms with Gasteiger partial charge < -0.3 is 19.7 Å². The van der Waals surface area contributed by atoms with Crippen LogP contribution in [0.4, 0.5) is 0 Å². The molecule has 0 aromatic heterocycles. The van der Waals surface area contributed by atoms with Crippen LogP contribution in [0.5, 0.6) is 0 Å². The van der Waals surface area contributed by atoms with Crippen LogP contribution >= 0.6 is 0 Å². The first-order valence-electron chi connectivity index (χ1n) is 7.88. The Kier molecular flexibility index (Phi) is 6.45. The fourth-order valence-electron chi connectivity index (χ4n) is 3.24. The lowest BCUT2D eigenvalue weighted by atomic mass is 10.00. The first-order chi connectivity index (χ1) is 10.2. The van der Waals surface area contributed by atoms with Crippen LogP contribution in [-0.2, 0) is 19.1 Å². The van der Waals surface area contributed by atoms with E-state index in [0.29, 0.717) is 39.3 Å². The van der Waals surface area contributed by atoms with Gasteiger partial charge in [0.25, 0.3) is 0 Å². The number of hydrogen-bond donors (Lipinski definition) is 1. The number of rotatable bonds is 3. The zero-order valence-electron chi connectivity index (χ0n) is 12.8. The number of hydrogen-bond acceptors (Lipinski definition) is 4. The van der Waals surface area contributed by atoms with Gasteiger partial charge in [0.1, 0.15) is 0 Å². The molecule has 2 unspecified atom stereocenters. The van der Waals surface area contributed by atoms with Crippen molar-refractivity contribution in [1.29, 1.82) is 0 Å². The van der Waals surface area contributed by atoms with Crippen molar-refractivity contribution in [2.45, 2.75) is 38.1 Å². The maximum absolute atomic E-state index is 12.4. The number of fused-ring (bicyclic) bond motifs is 1. The van der Waals surface area contributed by atoms with Crippen LogP contribution in [0.1, 0.15) is 32.1 Å². The molecule has 0 aromatic carbocycles. The molecule has 1 saturated heterocycles. The molecular formula is C15H26N2O4. The Labute approximate surface area is 126 Å². The predicted molar refractivity (Wildman–Crippen MR) is 77.8 cm³/mol. The molecule has 2 aliphatic rings. The minimum absolute atomic E-state index is 0.0347. The molecule has 1 aliphatic carbocycles. The maximum atomic E-state index is 12.4. The van der Waals surface area contributed by atoms with E-state index in [9.17, 15) is 9.59 Å². The fraction of sp³-hybridized carbons (Fsp3) is 0.867. The zero-order chi connectivity index (χ0) is 15.1. The van der Waals surface area contributed by atoms with E-state index in [2.05, 4.69) is 5.32 Å². The smallest absolute Gasteiger partial charge is 0.225 e. The van der Waals surface area contributed by atoms with Gasteiger partial charge in [0.15, 0.2) is 0 Å². The lowest BCUT2D eigenvalue weighted by Gasteiger charge is -2.32. The van der Waals surface area contributed by atoms with Gasteiger partial charge in [-0.05, 0) is 19.3 Å². The molecule has 1 aliphatic heterocycles. The molecule has 1 saturated carbocycles. The number of methoxy groups -OCH3 is 1. The van der Waals surface area contributed by atoms with Crippen LogP contribution in [0.25, 0.3) is 0 Å². The number of carbonyl (C=O) groups is 2. The Morgan fingerprint density at radius 1 is 1.38 bits per heavy atom. The molecular weight excluding hydrogens is 272 g/mol. The molecule has 6 heteroatoms. The Bertz CT molecular complexity index is 362. The average Bonchev–Trinajstić information content (AvgIpc) is 2.95. The van der Waals surface area contributed by atoms with Crippen LogP contribution in [0.3, 0.4) is 0 Å². The van der Waals surface area contributed by atoms with Gasteiger partial charge in [-0.1, -0.05) is 6.42 Å². The number of ether oxygens (including phenoxy) is 2. The second-order valence-corrected chi connectivity index (χ2v) is 5.69. The van der Waals surface area contributed by atoms with E-state index in [4.69, 9.17) is 9.47 Å². The lowest BCUT2D eigenvalue weighted by molar-refractivity contribution is -0.137. The van der Waals surface area contributed by atoms with E-state index in [1.165, 1.54) is 0 Å². The second kappa shape index (κ2) is 8.34. The highest BCUT2D eigenvalue weighted by atomic mass is 16.5. The quantitative estimate of drug-likeness (QED) is 0.826. The molecule has 6 nitrogen and oxygen atoms in total. The van der Waals surface area contributed by atoms with Gasteiger partial charge in [-0.25, -0.2) is 0 Å². The van der Waals surface area contributed by atoms with Crippen LogP contribution < -0.4 is 5.32 Å². The van der Waals surface area contributed by atoms with Crippen LogP contribution in [0.2, 0.25) is 0 Å². The number of nitrogens with zero attached hydrogens (tertiary/aromatic N) is 1. The highest BCUT2D eigenvalue weighted by Crippen LogP contribution is 2.31. The third-order valence-corrected chi connectivity index (χ3v) is 4.29.